The molecule has 1 aliphatic heterocycles. The van der Waals surface area contributed by atoms with E-state index in [1.165, 1.54) is 12.1 Å². The highest BCUT2D eigenvalue weighted by molar-refractivity contribution is 7.91. The fourth-order valence-electron chi connectivity index (χ4n) is 2.91. The molecule has 1 saturated heterocycles. The van der Waals surface area contributed by atoms with Gasteiger partial charge in [-0.15, -0.1) is 0 Å². The quantitative estimate of drug-likeness (QED) is 0.833. The van der Waals surface area contributed by atoms with Crippen LogP contribution >= 0.6 is 0 Å². The average Bonchev–Trinajstić information content (AvgIpc) is 2.96. The first-order chi connectivity index (χ1) is 12.7. The van der Waals surface area contributed by atoms with Gasteiger partial charge in [0.05, 0.1) is 11.5 Å². The summed E-state index contributed by atoms with van der Waals surface area (Å²) in [6.45, 7) is 3.82. The number of sulfone groups is 1. The minimum atomic E-state index is -3.09. The first-order valence-electron chi connectivity index (χ1n) is 8.60. The lowest BCUT2D eigenvalue weighted by Gasteiger charge is -2.12. The summed E-state index contributed by atoms with van der Waals surface area (Å²) in [6, 6.07) is 9.91. The topological polar surface area (TPSA) is 105 Å². The van der Waals surface area contributed by atoms with Crippen LogP contribution in [-0.2, 0) is 9.84 Å². The summed E-state index contributed by atoms with van der Waals surface area (Å²) in [6.07, 6.45) is 0.390. The van der Waals surface area contributed by atoms with Crippen molar-refractivity contribution in [3.8, 4) is 0 Å². The van der Waals surface area contributed by atoms with Gasteiger partial charge < -0.3 is 10.6 Å². The second-order valence-electron chi connectivity index (χ2n) is 6.75. The highest BCUT2D eigenvalue weighted by Crippen LogP contribution is 2.17. The molecule has 1 fully saturated rings. The molecule has 8 heteroatoms. The van der Waals surface area contributed by atoms with Crippen molar-refractivity contribution in [3.63, 3.8) is 0 Å². The molecule has 0 radical (unpaired) electrons. The van der Waals surface area contributed by atoms with Crippen LogP contribution in [-0.4, -0.2) is 42.8 Å². The lowest BCUT2D eigenvalue weighted by atomic mass is 10.1. The zero-order valence-electron chi connectivity index (χ0n) is 15.2. The van der Waals surface area contributed by atoms with Crippen LogP contribution in [0.3, 0.4) is 0 Å². The lowest BCUT2D eigenvalue weighted by Crippen LogP contribution is -2.36. The molecule has 7 nitrogen and oxygen atoms in total. The van der Waals surface area contributed by atoms with Crippen molar-refractivity contribution in [2.24, 2.45) is 0 Å². The van der Waals surface area contributed by atoms with Crippen molar-refractivity contribution in [1.82, 2.24) is 10.3 Å². The number of nitrogens with zero attached hydrogens (tertiary/aromatic N) is 1. The Balaban J connectivity index is 1.72. The second kappa shape index (κ2) is 7.48. The van der Waals surface area contributed by atoms with E-state index in [2.05, 4.69) is 15.6 Å². The Bertz CT molecular complexity index is 1000. The van der Waals surface area contributed by atoms with Crippen LogP contribution in [0.1, 0.15) is 38.5 Å². The highest BCUT2D eigenvalue weighted by Gasteiger charge is 2.29. The molecule has 2 amide bonds. The van der Waals surface area contributed by atoms with Gasteiger partial charge >= 0.3 is 0 Å². The number of hydrogen-bond donors (Lipinski definition) is 2. The van der Waals surface area contributed by atoms with E-state index in [0.717, 1.165) is 11.1 Å². The molecular weight excluding hydrogens is 366 g/mol. The summed E-state index contributed by atoms with van der Waals surface area (Å²) in [7, 11) is -3.09. The molecule has 2 aromatic rings. The number of aromatic nitrogens is 1. The number of benzene rings is 1. The van der Waals surface area contributed by atoms with E-state index in [1.807, 2.05) is 32.0 Å². The number of nitrogens with one attached hydrogen (secondary N) is 2. The molecule has 3 rings (SSSR count). The van der Waals surface area contributed by atoms with E-state index in [-0.39, 0.29) is 22.9 Å². The van der Waals surface area contributed by atoms with Crippen molar-refractivity contribution in [1.29, 1.82) is 0 Å². The lowest BCUT2D eigenvalue weighted by molar-refractivity contribution is 0.0936. The molecule has 2 heterocycles. The number of carbonyl (C=O) groups is 2. The predicted molar refractivity (Wildman–Crippen MR) is 103 cm³/mol. The van der Waals surface area contributed by atoms with E-state index in [4.69, 9.17) is 0 Å². The smallest absolute Gasteiger partial charge is 0.274 e. The predicted octanol–water partition coefficient (Wildman–Crippen LogP) is 1.87. The molecule has 2 N–H and O–H groups in total. The van der Waals surface area contributed by atoms with Gasteiger partial charge in [-0.2, -0.15) is 0 Å². The number of anilines is 1. The Hall–Kier alpha value is -2.74. The third-order valence-corrected chi connectivity index (χ3v) is 6.19. The van der Waals surface area contributed by atoms with Crippen LogP contribution in [0.2, 0.25) is 0 Å². The number of amides is 2. The molecule has 1 aliphatic rings. The molecule has 0 bridgehead atoms. The van der Waals surface area contributed by atoms with Crippen LogP contribution in [0.5, 0.6) is 0 Å². The van der Waals surface area contributed by atoms with Gasteiger partial charge in [-0.1, -0.05) is 18.2 Å². The molecule has 1 atom stereocenters. The Labute approximate surface area is 158 Å². The Morgan fingerprint density at radius 3 is 2.44 bits per heavy atom. The first-order valence-corrected chi connectivity index (χ1v) is 10.4. The molecular formula is C19H21N3O4S. The standard InChI is InChI=1S/C19H21N3O4S/c1-12-6-7-13(2)17(10-12)22-19(24)16-5-3-4-15(21-16)18(23)20-14-8-9-27(25,26)11-14/h3-7,10,14H,8-9,11H2,1-2H3,(H,20,23)(H,22,24). The van der Waals surface area contributed by atoms with E-state index in [0.29, 0.717) is 12.1 Å². The van der Waals surface area contributed by atoms with Crippen LogP contribution in [0.15, 0.2) is 36.4 Å². The summed E-state index contributed by atoms with van der Waals surface area (Å²) < 4.78 is 23.0. The molecule has 1 aromatic carbocycles. The Morgan fingerprint density at radius 2 is 1.78 bits per heavy atom. The maximum Gasteiger partial charge on any atom is 0.274 e. The van der Waals surface area contributed by atoms with E-state index in [1.54, 1.807) is 6.07 Å². The van der Waals surface area contributed by atoms with Crippen molar-refractivity contribution in [3.05, 3.63) is 58.9 Å². The third kappa shape index (κ3) is 4.71. The van der Waals surface area contributed by atoms with Crippen LogP contribution < -0.4 is 10.6 Å². The normalized spacial score (nSPS) is 18.1. The highest BCUT2D eigenvalue weighted by atomic mass is 32.2. The summed E-state index contributed by atoms with van der Waals surface area (Å²) in [5.41, 5.74) is 2.82. The van der Waals surface area contributed by atoms with Crippen LogP contribution in [0.25, 0.3) is 0 Å². The first kappa shape index (κ1) is 19.0. The zero-order chi connectivity index (χ0) is 19.6. The second-order valence-corrected chi connectivity index (χ2v) is 8.98. The van der Waals surface area contributed by atoms with Crippen LogP contribution in [0.4, 0.5) is 5.69 Å². The van der Waals surface area contributed by atoms with Gasteiger partial charge in [-0.3, -0.25) is 9.59 Å². The average molecular weight is 387 g/mol. The molecule has 0 saturated carbocycles. The van der Waals surface area contributed by atoms with Crippen molar-refractivity contribution < 1.29 is 18.0 Å². The fraction of sp³-hybridized carbons (Fsp3) is 0.316. The Morgan fingerprint density at radius 1 is 1.07 bits per heavy atom. The summed E-state index contributed by atoms with van der Waals surface area (Å²) in [4.78, 5) is 29.0. The van der Waals surface area contributed by atoms with E-state index < -0.39 is 27.7 Å². The largest absolute Gasteiger partial charge is 0.347 e. The summed E-state index contributed by atoms with van der Waals surface area (Å²) in [5.74, 6) is -0.893. The maximum atomic E-state index is 12.5. The van der Waals surface area contributed by atoms with E-state index >= 15 is 0 Å². The van der Waals surface area contributed by atoms with Crippen molar-refractivity contribution in [2.45, 2.75) is 26.3 Å². The molecule has 1 aromatic heterocycles. The van der Waals surface area contributed by atoms with Gasteiger partial charge in [0.15, 0.2) is 9.84 Å². The number of hydrogen-bond acceptors (Lipinski definition) is 5. The number of aryl methyl sites for hydroxylation is 2. The van der Waals surface area contributed by atoms with Gasteiger partial charge in [-0.25, -0.2) is 13.4 Å². The Kier molecular flexibility index (Phi) is 5.27. The van der Waals surface area contributed by atoms with Crippen molar-refractivity contribution in [2.75, 3.05) is 16.8 Å². The minimum absolute atomic E-state index is 0.0639. The molecule has 0 aliphatic carbocycles. The molecule has 0 spiro atoms. The maximum absolute atomic E-state index is 12.5. The molecule has 142 valence electrons. The third-order valence-electron chi connectivity index (χ3n) is 4.42. The van der Waals surface area contributed by atoms with Crippen LogP contribution in [0, 0.1) is 13.8 Å². The molecule has 27 heavy (non-hydrogen) atoms. The number of pyridine rings is 1. The van der Waals surface area contributed by atoms with Gasteiger partial charge in [0, 0.05) is 11.7 Å². The summed E-state index contributed by atoms with van der Waals surface area (Å²) in [5, 5.41) is 5.48. The zero-order valence-corrected chi connectivity index (χ0v) is 16.0. The number of carbonyl (C=O) groups excluding carboxylic acids is 2. The fourth-order valence-corrected chi connectivity index (χ4v) is 4.59. The van der Waals surface area contributed by atoms with Crippen molar-refractivity contribution >= 4 is 27.3 Å². The van der Waals surface area contributed by atoms with Gasteiger partial charge in [0.1, 0.15) is 11.4 Å². The van der Waals surface area contributed by atoms with Gasteiger partial charge in [0.25, 0.3) is 11.8 Å². The van der Waals surface area contributed by atoms with E-state index in [9.17, 15) is 18.0 Å². The summed E-state index contributed by atoms with van der Waals surface area (Å²) >= 11 is 0. The number of rotatable bonds is 4. The SMILES string of the molecule is Cc1ccc(C)c(NC(=O)c2cccc(C(=O)NC3CCS(=O)(=O)C3)n2)c1. The van der Waals surface area contributed by atoms with Gasteiger partial charge in [-0.05, 0) is 49.6 Å². The van der Waals surface area contributed by atoms with Gasteiger partial charge in [0.2, 0.25) is 0 Å². The monoisotopic (exact) mass is 387 g/mol. The molecule has 1 unspecified atom stereocenters. The minimum Gasteiger partial charge on any atom is -0.347 e.